The molecule has 0 aromatic heterocycles. The number of likely N-dealkylation sites (N-methyl/N-ethyl adjacent to an activating group) is 1. The molecule has 3 heteroatoms. The van der Waals surface area contributed by atoms with Gasteiger partial charge in [-0.05, 0) is 51.5 Å². The summed E-state index contributed by atoms with van der Waals surface area (Å²) in [5.41, 5.74) is 7.51. The number of piperidine rings is 1. The van der Waals surface area contributed by atoms with Crippen molar-refractivity contribution in [3.63, 3.8) is 0 Å². The van der Waals surface area contributed by atoms with Gasteiger partial charge in [0.2, 0.25) is 0 Å². The lowest BCUT2D eigenvalue weighted by Gasteiger charge is -2.32. The Bertz CT molecular complexity index is 358. The van der Waals surface area contributed by atoms with Gasteiger partial charge in [-0.15, -0.1) is 0 Å². The van der Waals surface area contributed by atoms with Gasteiger partial charge in [-0.1, -0.05) is 30.3 Å². The Labute approximate surface area is 117 Å². The van der Waals surface area contributed by atoms with E-state index in [1.54, 1.807) is 0 Å². The summed E-state index contributed by atoms with van der Waals surface area (Å²) in [6.45, 7) is 4.59. The Morgan fingerprint density at radius 2 is 1.89 bits per heavy atom. The van der Waals surface area contributed by atoms with Crippen molar-refractivity contribution < 1.29 is 0 Å². The molecule has 0 aliphatic carbocycles. The minimum Gasteiger partial charge on any atom is -0.323 e. The maximum absolute atomic E-state index is 6.27. The van der Waals surface area contributed by atoms with E-state index < -0.39 is 0 Å². The zero-order chi connectivity index (χ0) is 13.7. The molecule has 1 unspecified atom stereocenters. The van der Waals surface area contributed by atoms with E-state index in [9.17, 15) is 0 Å². The van der Waals surface area contributed by atoms with Crippen LogP contribution in [0.15, 0.2) is 30.3 Å². The molecule has 1 aliphatic rings. The summed E-state index contributed by atoms with van der Waals surface area (Å²) in [5, 5.41) is 0. The van der Waals surface area contributed by atoms with Crippen molar-refractivity contribution in [3.05, 3.63) is 35.9 Å². The summed E-state index contributed by atoms with van der Waals surface area (Å²) < 4.78 is 0. The average molecular weight is 261 g/mol. The normalized spacial score (nSPS) is 19.8. The maximum Gasteiger partial charge on any atom is 0.0424 e. The van der Waals surface area contributed by atoms with Crippen molar-refractivity contribution >= 4 is 0 Å². The van der Waals surface area contributed by atoms with Crippen molar-refractivity contribution in [2.24, 2.45) is 11.7 Å². The third-order valence-electron chi connectivity index (χ3n) is 4.14. The Morgan fingerprint density at radius 3 is 2.53 bits per heavy atom. The molecule has 19 heavy (non-hydrogen) atoms. The van der Waals surface area contributed by atoms with E-state index in [4.69, 9.17) is 5.73 Å². The molecule has 1 aromatic rings. The molecule has 0 spiro atoms. The van der Waals surface area contributed by atoms with Gasteiger partial charge in [-0.3, -0.25) is 0 Å². The van der Waals surface area contributed by atoms with E-state index in [1.807, 2.05) is 6.07 Å². The molecular weight excluding hydrogens is 234 g/mol. The number of nitrogens with two attached hydrogens (primary N) is 1. The summed E-state index contributed by atoms with van der Waals surface area (Å²) in [6, 6.07) is 10.5. The molecule has 1 fully saturated rings. The molecule has 0 radical (unpaired) electrons. The molecule has 0 saturated carbocycles. The van der Waals surface area contributed by atoms with Crippen LogP contribution in [-0.2, 0) is 0 Å². The van der Waals surface area contributed by atoms with Gasteiger partial charge in [0, 0.05) is 19.1 Å². The Balaban J connectivity index is 1.76. The van der Waals surface area contributed by atoms with Gasteiger partial charge in [-0.2, -0.15) is 0 Å². The first kappa shape index (κ1) is 14.5. The van der Waals surface area contributed by atoms with Gasteiger partial charge in [0.25, 0.3) is 0 Å². The van der Waals surface area contributed by atoms with Crippen LogP contribution in [0, 0.1) is 5.92 Å². The standard InChI is InChI=1S/C16H27N3/c1-18-10-8-14(9-11-18)12-19(2)13-16(17)15-6-4-3-5-7-15/h3-7,14,16H,8-13,17H2,1-2H3. The third kappa shape index (κ3) is 4.60. The van der Waals surface area contributed by atoms with E-state index in [0.29, 0.717) is 0 Å². The first-order valence-corrected chi connectivity index (χ1v) is 7.33. The van der Waals surface area contributed by atoms with Crippen molar-refractivity contribution in [3.8, 4) is 0 Å². The highest BCUT2D eigenvalue weighted by molar-refractivity contribution is 5.18. The van der Waals surface area contributed by atoms with Crippen LogP contribution >= 0.6 is 0 Å². The van der Waals surface area contributed by atoms with Crippen LogP contribution in [0.3, 0.4) is 0 Å². The van der Waals surface area contributed by atoms with Gasteiger partial charge in [-0.25, -0.2) is 0 Å². The highest BCUT2D eigenvalue weighted by Gasteiger charge is 2.19. The van der Waals surface area contributed by atoms with Gasteiger partial charge in [0.15, 0.2) is 0 Å². The lowest BCUT2D eigenvalue weighted by Crippen LogP contribution is -2.38. The smallest absolute Gasteiger partial charge is 0.0424 e. The fourth-order valence-corrected chi connectivity index (χ4v) is 2.90. The van der Waals surface area contributed by atoms with Crippen LogP contribution in [0.2, 0.25) is 0 Å². The minimum atomic E-state index is 0.123. The number of likely N-dealkylation sites (tertiary alicyclic amines) is 1. The zero-order valence-corrected chi connectivity index (χ0v) is 12.3. The summed E-state index contributed by atoms with van der Waals surface area (Å²) in [6.07, 6.45) is 2.64. The van der Waals surface area contributed by atoms with Gasteiger partial charge in [0.1, 0.15) is 0 Å². The van der Waals surface area contributed by atoms with Gasteiger partial charge < -0.3 is 15.5 Å². The van der Waals surface area contributed by atoms with E-state index in [-0.39, 0.29) is 6.04 Å². The quantitative estimate of drug-likeness (QED) is 0.879. The fraction of sp³-hybridized carbons (Fsp3) is 0.625. The van der Waals surface area contributed by atoms with E-state index >= 15 is 0 Å². The molecule has 2 rings (SSSR count). The zero-order valence-electron chi connectivity index (χ0n) is 12.3. The molecule has 0 bridgehead atoms. The number of hydrogen-bond acceptors (Lipinski definition) is 3. The van der Waals surface area contributed by atoms with E-state index in [0.717, 1.165) is 12.5 Å². The van der Waals surface area contributed by atoms with Crippen LogP contribution in [-0.4, -0.2) is 50.1 Å². The highest BCUT2D eigenvalue weighted by atomic mass is 15.1. The lowest BCUT2D eigenvalue weighted by atomic mass is 9.96. The molecule has 1 atom stereocenters. The number of rotatable bonds is 5. The number of hydrogen-bond donors (Lipinski definition) is 1. The summed E-state index contributed by atoms with van der Waals surface area (Å²) in [7, 11) is 4.41. The first-order valence-electron chi connectivity index (χ1n) is 7.33. The molecule has 3 nitrogen and oxygen atoms in total. The third-order valence-corrected chi connectivity index (χ3v) is 4.14. The highest BCUT2D eigenvalue weighted by Crippen LogP contribution is 2.18. The second-order valence-corrected chi connectivity index (χ2v) is 5.99. The molecule has 1 heterocycles. The van der Waals surface area contributed by atoms with Crippen molar-refractivity contribution in [2.75, 3.05) is 40.3 Å². The second kappa shape index (κ2) is 7.04. The van der Waals surface area contributed by atoms with Crippen molar-refractivity contribution in [1.82, 2.24) is 9.80 Å². The van der Waals surface area contributed by atoms with Crippen LogP contribution in [0.25, 0.3) is 0 Å². The topological polar surface area (TPSA) is 32.5 Å². The summed E-state index contributed by atoms with van der Waals surface area (Å²) >= 11 is 0. The van der Waals surface area contributed by atoms with Crippen LogP contribution < -0.4 is 5.73 Å². The minimum absolute atomic E-state index is 0.123. The predicted octanol–water partition coefficient (Wildman–Crippen LogP) is 1.96. The van der Waals surface area contributed by atoms with Crippen molar-refractivity contribution in [2.45, 2.75) is 18.9 Å². The van der Waals surface area contributed by atoms with Gasteiger partial charge in [0.05, 0.1) is 0 Å². The van der Waals surface area contributed by atoms with Crippen molar-refractivity contribution in [1.29, 1.82) is 0 Å². The molecule has 1 aliphatic heterocycles. The Hall–Kier alpha value is -0.900. The van der Waals surface area contributed by atoms with Crippen LogP contribution in [0.5, 0.6) is 0 Å². The fourth-order valence-electron chi connectivity index (χ4n) is 2.90. The second-order valence-electron chi connectivity index (χ2n) is 5.99. The predicted molar refractivity (Wildman–Crippen MR) is 81.1 cm³/mol. The summed E-state index contributed by atoms with van der Waals surface area (Å²) in [5.74, 6) is 0.837. The Kier molecular flexibility index (Phi) is 5.37. The molecule has 0 amide bonds. The maximum atomic E-state index is 6.27. The number of nitrogens with zero attached hydrogens (tertiary/aromatic N) is 2. The number of benzene rings is 1. The average Bonchev–Trinajstić information content (AvgIpc) is 2.42. The van der Waals surface area contributed by atoms with Crippen LogP contribution in [0.4, 0.5) is 0 Å². The monoisotopic (exact) mass is 261 g/mol. The van der Waals surface area contributed by atoms with E-state index in [1.165, 1.54) is 38.0 Å². The molecule has 106 valence electrons. The van der Waals surface area contributed by atoms with Gasteiger partial charge >= 0.3 is 0 Å². The Morgan fingerprint density at radius 1 is 1.26 bits per heavy atom. The molecular formula is C16H27N3. The SMILES string of the molecule is CN1CCC(CN(C)CC(N)c2ccccc2)CC1. The largest absolute Gasteiger partial charge is 0.323 e. The lowest BCUT2D eigenvalue weighted by molar-refractivity contribution is 0.172. The molecule has 2 N–H and O–H groups in total. The molecule has 1 aromatic carbocycles. The van der Waals surface area contributed by atoms with Crippen LogP contribution in [0.1, 0.15) is 24.4 Å². The van der Waals surface area contributed by atoms with E-state index in [2.05, 4.69) is 48.2 Å². The summed E-state index contributed by atoms with van der Waals surface area (Å²) in [4.78, 5) is 4.82. The first-order chi connectivity index (χ1) is 9.15. The molecule has 1 saturated heterocycles.